The van der Waals surface area contributed by atoms with Crippen LogP contribution < -0.4 is 5.32 Å². The van der Waals surface area contributed by atoms with Gasteiger partial charge in [0.2, 0.25) is 0 Å². The van der Waals surface area contributed by atoms with Crippen molar-refractivity contribution >= 4 is 17.4 Å². The number of halogens is 1. The van der Waals surface area contributed by atoms with Crippen molar-refractivity contribution in [1.29, 1.82) is 0 Å². The second-order valence-electron chi connectivity index (χ2n) is 4.57. The zero-order valence-electron chi connectivity index (χ0n) is 9.95. The highest BCUT2D eigenvalue weighted by Crippen LogP contribution is 2.36. The predicted molar refractivity (Wildman–Crippen MR) is 71.0 cm³/mol. The first kappa shape index (κ1) is 12.7. The minimum absolute atomic E-state index is 0.0810. The van der Waals surface area contributed by atoms with Crippen LogP contribution in [0.4, 0.5) is 10.1 Å². The summed E-state index contributed by atoms with van der Waals surface area (Å²) in [4.78, 5) is 0. The fourth-order valence-corrected chi connectivity index (χ4v) is 3.51. The van der Waals surface area contributed by atoms with Crippen LogP contribution in [-0.2, 0) is 0 Å². The Morgan fingerprint density at radius 3 is 3.06 bits per heavy atom. The van der Waals surface area contributed by atoms with Crippen LogP contribution in [0.3, 0.4) is 0 Å². The van der Waals surface area contributed by atoms with Crippen LogP contribution in [0.15, 0.2) is 24.3 Å². The molecule has 0 aromatic heterocycles. The van der Waals surface area contributed by atoms with Crippen molar-refractivity contribution in [1.82, 2.24) is 0 Å². The monoisotopic (exact) mass is 255 g/mol. The number of nitrogens with one attached hydrogen (secondary N) is 1. The molecule has 2 unspecified atom stereocenters. The van der Waals surface area contributed by atoms with E-state index in [1.54, 1.807) is 6.07 Å². The molecular weight excluding hydrogens is 237 g/mol. The van der Waals surface area contributed by atoms with Gasteiger partial charge in [-0.1, -0.05) is 13.0 Å². The summed E-state index contributed by atoms with van der Waals surface area (Å²) >= 11 is 1.86. The van der Waals surface area contributed by atoms with Gasteiger partial charge < -0.3 is 10.4 Å². The smallest absolute Gasteiger partial charge is 0.125 e. The molecule has 2 nitrogen and oxygen atoms in total. The average molecular weight is 255 g/mol. The minimum Gasteiger partial charge on any atom is -0.394 e. The van der Waals surface area contributed by atoms with Crippen molar-refractivity contribution in [3.63, 3.8) is 0 Å². The van der Waals surface area contributed by atoms with E-state index in [2.05, 4.69) is 12.2 Å². The summed E-state index contributed by atoms with van der Waals surface area (Å²) in [7, 11) is 0. The molecule has 0 bridgehead atoms. The van der Waals surface area contributed by atoms with E-state index in [4.69, 9.17) is 0 Å². The summed E-state index contributed by atoms with van der Waals surface area (Å²) in [6.07, 6.45) is 2.01. The molecule has 0 saturated carbocycles. The standard InChI is InChI=1S/C13H18FNOS/c1-10-13(9-16,6-3-7-17-10)15-12-5-2-4-11(14)8-12/h2,4-5,8,10,15-16H,3,6-7,9H2,1H3. The van der Waals surface area contributed by atoms with Crippen LogP contribution in [0.1, 0.15) is 19.8 Å². The molecule has 2 N–H and O–H groups in total. The van der Waals surface area contributed by atoms with Gasteiger partial charge in [-0.3, -0.25) is 0 Å². The highest BCUT2D eigenvalue weighted by molar-refractivity contribution is 8.00. The molecule has 0 radical (unpaired) electrons. The van der Waals surface area contributed by atoms with Crippen LogP contribution in [0.5, 0.6) is 0 Å². The van der Waals surface area contributed by atoms with Crippen molar-refractivity contribution in [3.05, 3.63) is 30.1 Å². The first-order chi connectivity index (χ1) is 8.16. The molecule has 2 rings (SSSR count). The number of rotatable bonds is 3. The van der Waals surface area contributed by atoms with Gasteiger partial charge in [0.1, 0.15) is 5.82 Å². The number of hydrogen-bond donors (Lipinski definition) is 2. The topological polar surface area (TPSA) is 32.3 Å². The SMILES string of the molecule is CC1SCCCC1(CO)Nc1cccc(F)c1. The van der Waals surface area contributed by atoms with Crippen molar-refractivity contribution in [2.45, 2.75) is 30.6 Å². The average Bonchev–Trinajstić information content (AvgIpc) is 2.32. The molecule has 94 valence electrons. The number of benzene rings is 1. The molecule has 1 aromatic rings. The van der Waals surface area contributed by atoms with Crippen LogP contribution in [0.25, 0.3) is 0 Å². The molecule has 0 aliphatic carbocycles. The van der Waals surface area contributed by atoms with Gasteiger partial charge in [-0.05, 0) is 36.8 Å². The molecule has 0 amide bonds. The highest BCUT2D eigenvalue weighted by atomic mass is 32.2. The molecule has 17 heavy (non-hydrogen) atoms. The van der Waals surface area contributed by atoms with E-state index >= 15 is 0 Å². The van der Waals surface area contributed by atoms with E-state index in [0.717, 1.165) is 24.3 Å². The van der Waals surface area contributed by atoms with Gasteiger partial charge in [-0.15, -0.1) is 0 Å². The maximum Gasteiger partial charge on any atom is 0.125 e. The zero-order chi connectivity index (χ0) is 12.3. The van der Waals surface area contributed by atoms with Crippen LogP contribution in [0.2, 0.25) is 0 Å². The Kier molecular flexibility index (Phi) is 3.94. The summed E-state index contributed by atoms with van der Waals surface area (Å²) in [6.45, 7) is 2.20. The third-order valence-corrected chi connectivity index (χ3v) is 4.89. The molecule has 1 saturated heterocycles. The van der Waals surface area contributed by atoms with E-state index in [-0.39, 0.29) is 18.0 Å². The summed E-state index contributed by atoms with van der Waals surface area (Å²) in [6, 6.07) is 6.43. The number of aliphatic hydroxyl groups excluding tert-OH is 1. The molecule has 1 aromatic carbocycles. The van der Waals surface area contributed by atoms with Crippen LogP contribution in [-0.4, -0.2) is 28.3 Å². The van der Waals surface area contributed by atoms with Gasteiger partial charge in [-0.25, -0.2) is 4.39 Å². The van der Waals surface area contributed by atoms with Gasteiger partial charge >= 0.3 is 0 Å². The Morgan fingerprint density at radius 2 is 2.41 bits per heavy atom. The number of aliphatic hydroxyl groups is 1. The third-order valence-electron chi connectivity index (χ3n) is 3.41. The normalized spacial score (nSPS) is 29.0. The maximum atomic E-state index is 13.1. The summed E-state index contributed by atoms with van der Waals surface area (Å²) < 4.78 is 13.1. The van der Waals surface area contributed by atoms with E-state index < -0.39 is 0 Å². The Balaban J connectivity index is 2.18. The summed E-state index contributed by atoms with van der Waals surface area (Å²) in [5, 5.41) is 13.3. The largest absolute Gasteiger partial charge is 0.394 e. The Labute approximate surface area is 106 Å². The van der Waals surface area contributed by atoms with E-state index in [1.807, 2.05) is 17.8 Å². The fraction of sp³-hybridized carbons (Fsp3) is 0.538. The molecule has 1 aliphatic heterocycles. The fourth-order valence-electron chi connectivity index (χ4n) is 2.28. The van der Waals surface area contributed by atoms with E-state index in [9.17, 15) is 9.50 Å². The molecule has 4 heteroatoms. The van der Waals surface area contributed by atoms with Gasteiger partial charge in [-0.2, -0.15) is 11.8 Å². The van der Waals surface area contributed by atoms with Gasteiger partial charge in [0.25, 0.3) is 0 Å². The zero-order valence-corrected chi connectivity index (χ0v) is 10.8. The Morgan fingerprint density at radius 1 is 1.59 bits per heavy atom. The van der Waals surface area contributed by atoms with Crippen LogP contribution >= 0.6 is 11.8 Å². The molecule has 2 atom stereocenters. The predicted octanol–water partition coefficient (Wildman–Crippen LogP) is 2.88. The molecule has 0 spiro atoms. The summed E-state index contributed by atoms with van der Waals surface area (Å²) in [5.41, 5.74) is 0.421. The molecular formula is C13H18FNOS. The van der Waals surface area contributed by atoms with Gasteiger partial charge in [0.15, 0.2) is 0 Å². The Hall–Kier alpha value is -0.740. The first-order valence-corrected chi connectivity index (χ1v) is 6.97. The lowest BCUT2D eigenvalue weighted by Gasteiger charge is -2.42. The third kappa shape index (κ3) is 2.75. The van der Waals surface area contributed by atoms with E-state index in [1.165, 1.54) is 12.1 Å². The lowest BCUT2D eigenvalue weighted by Crippen LogP contribution is -2.51. The lowest BCUT2D eigenvalue weighted by atomic mass is 9.90. The quantitative estimate of drug-likeness (QED) is 0.871. The maximum absolute atomic E-state index is 13.1. The first-order valence-electron chi connectivity index (χ1n) is 5.92. The summed E-state index contributed by atoms with van der Waals surface area (Å²) in [5.74, 6) is 0.882. The molecule has 1 heterocycles. The number of hydrogen-bond acceptors (Lipinski definition) is 3. The van der Waals surface area contributed by atoms with E-state index in [0.29, 0.717) is 5.25 Å². The van der Waals surface area contributed by atoms with Crippen molar-refractivity contribution in [2.75, 3.05) is 17.7 Å². The van der Waals surface area contributed by atoms with Crippen LogP contribution in [0, 0.1) is 5.82 Å². The Bertz CT molecular complexity index is 387. The second-order valence-corrected chi connectivity index (χ2v) is 6.01. The number of thioether (sulfide) groups is 1. The number of anilines is 1. The lowest BCUT2D eigenvalue weighted by molar-refractivity contribution is 0.198. The molecule has 1 aliphatic rings. The van der Waals surface area contributed by atoms with Gasteiger partial charge in [0.05, 0.1) is 12.1 Å². The molecule has 1 fully saturated rings. The van der Waals surface area contributed by atoms with Crippen molar-refractivity contribution in [2.24, 2.45) is 0 Å². The minimum atomic E-state index is -0.323. The second kappa shape index (κ2) is 5.27. The van der Waals surface area contributed by atoms with Crippen molar-refractivity contribution in [3.8, 4) is 0 Å². The highest BCUT2D eigenvalue weighted by Gasteiger charge is 2.38. The van der Waals surface area contributed by atoms with Crippen molar-refractivity contribution < 1.29 is 9.50 Å². The van der Waals surface area contributed by atoms with Gasteiger partial charge in [0, 0.05) is 10.9 Å².